The van der Waals surface area contributed by atoms with Crippen molar-refractivity contribution in [3.05, 3.63) is 24.3 Å². The highest BCUT2D eigenvalue weighted by atomic mass is 32.2. The Bertz CT molecular complexity index is 528. The summed E-state index contributed by atoms with van der Waals surface area (Å²) in [5.74, 6) is 0.198. The Morgan fingerprint density at radius 2 is 2.11 bits per heavy atom. The Morgan fingerprint density at radius 3 is 2.79 bits per heavy atom. The van der Waals surface area contributed by atoms with E-state index in [1.54, 1.807) is 12.1 Å². The third-order valence-corrected chi connectivity index (χ3v) is 5.43. The molecule has 5 heteroatoms. The summed E-state index contributed by atoms with van der Waals surface area (Å²) in [5.41, 5.74) is 6.80. The first kappa shape index (κ1) is 14.3. The smallest absolute Gasteiger partial charge is 0.180 e. The lowest BCUT2D eigenvalue weighted by atomic mass is 10.1. The second-order valence-corrected chi connectivity index (χ2v) is 7.21. The summed E-state index contributed by atoms with van der Waals surface area (Å²) in [6.07, 6.45) is 2.67. The van der Waals surface area contributed by atoms with Crippen LogP contribution in [0, 0.1) is 0 Å². The van der Waals surface area contributed by atoms with Crippen LogP contribution >= 0.6 is 0 Å². The molecule has 1 heterocycles. The van der Waals surface area contributed by atoms with Gasteiger partial charge in [-0.25, -0.2) is 8.42 Å². The molecule has 0 radical (unpaired) electrons. The second-order valence-electron chi connectivity index (χ2n) is 5.13. The number of anilines is 1. The van der Waals surface area contributed by atoms with Crippen LogP contribution in [0.5, 0.6) is 0 Å². The molecule has 1 aromatic rings. The van der Waals surface area contributed by atoms with Gasteiger partial charge in [-0.2, -0.15) is 0 Å². The lowest BCUT2D eigenvalue weighted by molar-refractivity contribution is 0.503. The molecule has 1 fully saturated rings. The summed E-state index contributed by atoms with van der Waals surface area (Å²) in [6.45, 7) is 3.50. The maximum atomic E-state index is 12.3. The molecule has 0 aromatic heterocycles. The molecule has 0 bridgehead atoms. The Kier molecular flexibility index (Phi) is 4.47. The predicted molar refractivity (Wildman–Crippen MR) is 78.2 cm³/mol. The number of benzene rings is 1. The third kappa shape index (κ3) is 3.28. The molecule has 1 unspecified atom stereocenters. The van der Waals surface area contributed by atoms with Gasteiger partial charge in [-0.1, -0.05) is 19.1 Å². The first-order valence-corrected chi connectivity index (χ1v) is 8.52. The van der Waals surface area contributed by atoms with Crippen LogP contribution in [0.4, 0.5) is 5.69 Å². The molecule has 1 aliphatic rings. The Balaban J connectivity index is 2.36. The van der Waals surface area contributed by atoms with Gasteiger partial charge in [0.05, 0.1) is 16.3 Å². The van der Waals surface area contributed by atoms with Gasteiger partial charge in [0.2, 0.25) is 0 Å². The van der Waals surface area contributed by atoms with Gasteiger partial charge >= 0.3 is 0 Å². The summed E-state index contributed by atoms with van der Waals surface area (Å²) < 4.78 is 24.6. The van der Waals surface area contributed by atoms with Gasteiger partial charge in [0, 0.05) is 19.1 Å². The molecule has 0 spiro atoms. The van der Waals surface area contributed by atoms with Crippen molar-refractivity contribution in [2.24, 2.45) is 5.73 Å². The standard InChI is InChI=1S/C14H22N2O2S/c1-2-10-19(17,18)14-8-4-3-7-13(14)16-9-5-6-12(15)11-16/h3-4,7-8,12H,2,5-6,9-11,15H2,1H3. The number of rotatable bonds is 4. The van der Waals surface area contributed by atoms with Crippen LogP contribution < -0.4 is 10.6 Å². The molecule has 4 nitrogen and oxygen atoms in total. The van der Waals surface area contributed by atoms with Gasteiger partial charge in [0.15, 0.2) is 9.84 Å². The van der Waals surface area contributed by atoms with E-state index in [2.05, 4.69) is 4.90 Å². The lowest BCUT2D eigenvalue weighted by Crippen LogP contribution is -2.43. The largest absolute Gasteiger partial charge is 0.369 e. The minimum absolute atomic E-state index is 0.135. The van der Waals surface area contributed by atoms with E-state index in [1.165, 1.54) is 0 Å². The van der Waals surface area contributed by atoms with Crippen molar-refractivity contribution in [1.82, 2.24) is 0 Å². The molecular formula is C14H22N2O2S. The summed E-state index contributed by atoms with van der Waals surface area (Å²) in [7, 11) is -3.19. The van der Waals surface area contributed by atoms with Gasteiger partial charge in [-0.3, -0.25) is 0 Å². The summed E-state index contributed by atoms with van der Waals surface area (Å²) >= 11 is 0. The zero-order chi connectivity index (χ0) is 13.9. The predicted octanol–water partition coefficient (Wildman–Crippen LogP) is 1.80. The number of para-hydroxylation sites is 1. The quantitative estimate of drug-likeness (QED) is 0.914. The van der Waals surface area contributed by atoms with E-state index >= 15 is 0 Å². The molecule has 0 aliphatic carbocycles. The van der Waals surface area contributed by atoms with Crippen molar-refractivity contribution < 1.29 is 8.42 Å². The summed E-state index contributed by atoms with van der Waals surface area (Å²) in [5, 5.41) is 0. The van der Waals surface area contributed by atoms with E-state index in [4.69, 9.17) is 5.73 Å². The lowest BCUT2D eigenvalue weighted by Gasteiger charge is -2.33. The van der Waals surface area contributed by atoms with Crippen molar-refractivity contribution in [1.29, 1.82) is 0 Å². The van der Waals surface area contributed by atoms with Crippen LogP contribution in [0.1, 0.15) is 26.2 Å². The minimum Gasteiger partial charge on any atom is -0.369 e. The van der Waals surface area contributed by atoms with Crippen molar-refractivity contribution in [2.45, 2.75) is 37.1 Å². The highest BCUT2D eigenvalue weighted by molar-refractivity contribution is 7.91. The molecule has 0 amide bonds. The Morgan fingerprint density at radius 1 is 1.37 bits per heavy atom. The summed E-state index contributed by atoms with van der Waals surface area (Å²) in [4.78, 5) is 2.56. The van der Waals surface area contributed by atoms with Gasteiger partial charge in [-0.05, 0) is 31.4 Å². The average molecular weight is 282 g/mol. The van der Waals surface area contributed by atoms with Crippen LogP contribution in [0.3, 0.4) is 0 Å². The minimum atomic E-state index is -3.19. The molecule has 106 valence electrons. The number of nitrogens with two attached hydrogens (primary N) is 1. The van der Waals surface area contributed by atoms with Crippen LogP contribution in [0.25, 0.3) is 0 Å². The van der Waals surface area contributed by atoms with E-state index in [1.807, 2.05) is 19.1 Å². The third-order valence-electron chi connectivity index (χ3n) is 3.47. The van der Waals surface area contributed by atoms with Gasteiger partial charge < -0.3 is 10.6 Å². The topological polar surface area (TPSA) is 63.4 Å². The van der Waals surface area contributed by atoms with Crippen LogP contribution in [0.15, 0.2) is 29.2 Å². The fourth-order valence-corrected chi connectivity index (χ4v) is 4.15. The number of piperidine rings is 1. The SMILES string of the molecule is CCCS(=O)(=O)c1ccccc1N1CCCC(N)C1. The fraction of sp³-hybridized carbons (Fsp3) is 0.571. The van der Waals surface area contributed by atoms with Crippen molar-refractivity contribution in [3.63, 3.8) is 0 Å². The van der Waals surface area contributed by atoms with Crippen LogP contribution in [-0.2, 0) is 9.84 Å². The monoisotopic (exact) mass is 282 g/mol. The van der Waals surface area contributed by atoms with Crippen LogP contribution in [-0.4, -0.2) is 33.3 Å². The first-order valence-electron chi connectivity index (χ1n) is 6.87. The molecule has 0 saturated carbocycles. The molecule has 1 saturated heterocycles. The molecular weight excluding hydrogens is 260 g/mol. The number of sulfone groups is 1. The number of hydrogen-bond acceptors (Lipinski definition) is 4. The maximum absolute atomic E-state index is 12.3. The molecule has 2 N–H and O–H groups in total. The van der Waals surface area contributed by atoms with Crippen molar-refractivity contribution in [3.8, 4) is 0 Å². The molecule has 1 aromatic carbocycles. The van der Waals surface area contributed by atoms with Gasteiger partial charge in [0.1, 0.15) is 0 Å². The van der Waals surface area contributed by atoms with E-state index in [0.717, 1.165) is 31.6 Å². The first-order chi connectivity index (χ1) is 9.04. The van der Waals surface area contributed by atoms with Crippen molar-refractivity contribution in [2.75, 3.05) is 23.7 Å². The van der Waals surface area contributed by atoms with E-state index in [9.17, 15) is 8.42 Å². The number of hydrogen-bond donors (Lipinski definition) is 1. The summed E-state index contributed by atoms with van der Waals surface area (Å²) in [6, 6.07) is 7.41. The maximum Gasteiger partial charge on any atom is 0.180 e. The molecule has 2 rings (SSSR count). The highest BCUT2D eigenvalue weighted by Crippen LogP contribution is 2.28. The Labute approximate surface area is 115 Å². The van der Waals surface area contributed by atoms with E-state index < -0.39 is 9.84 Å². The normalized spacial score (nSPS) is 20.5. The molecule has 1 aliphatic heterocycles. The van der Waals surface area contributed by atoms with Crippen molar-refractivity contribution >= 4 is 15.5 Å². The molecule has 1 atom stereocenters. The fourth-order valence-electron chi connectivity index (χ4n) is 2.59. The van der Waals surface area contributed by atoms with Crippen LogP contribution in [0.2, 0.25) is 0 Å². The van der Waals surface area contributed by atoms with Gasteiger partial charge in [-0.15, -0.1) is 0 Å². The zero-order valence-electron chi connectivity index (χ0n) is 11.4. The Hall–Kier alpha value is -1.07. The average Bonchev–Trinajstić information content (AvgIpc) is 2.39. The molecule has 19 heavy (non-hydrogen) atoms. The highest BCUT2D eigenvalue weighted by Gasteiger charge is 2.24. The second kappa shape index (κ2) is 5.92. The zero-order valence-corrected chi connectivity index (χ0v) is 12.2. The van der Waals surface area contributed by atoms with Gasteiger partial charge in [0.25, 0.3) is 0 Å². The number of nitrogens with zero attached hydrogens (tertiary/aromatic N) is 1. The van der Waals surface area contributed by atoms with E-state index in [-0.39, 0.29) is 11.8 Å². The van der Waals surface area contributed by atoms with E-state index in [0.29, 0.717) is 11.3 Å².